The Hall–Kier alpha value is -7.24. The van der Waals surface area contributed by atoms with Crippen LogP contribution < -0.4 is 26.2 Å². The summed E-state index contributed by atoms with van der Waals surface area (Å²) in [5.74, 6) is 0.339. The van der Waals surface area contributed by atoms with E-state index in [1.54, 1.807) is 0 Å². The van der Waals surface area contributed by atoms with Crippen LogP contribution in [-0.2, 0) is 16.2 Å². The average Bonchev–Trinajstić information content (AvgIpc) is 3.97. The summed E-state index contributed by atoms with van der Waals surface area (Å²) in [4.78, 5) is 5.10. The fraction of sp³-hybridized carbons (Fsp3) is 0.219. The van der Waals surface area contributed by atoms with Crippen LogP contribution in [0.2, 0.25) is 0 Å². The molecular formula is C64H58BN3O. The Morgan fingerprint density at radius 3 is 1.87 bits per heavy atom. The predicted molar refractivity (Wildman–Crippen MR) is 294 cm³/mol. The van der Waals surface area contributed by atoms with Crippen molar-refractivity contribution in [2.45, 2.75) is 91.4 Å². The van der Waals surface area contributed by atoms with Crippen molar-refractivity contribution >= 4 is 90.1 Å². The highest BCUT2D eigenvalue weighted by Crippen LogP contribution is 2.55. The van der Waals surface area contributed by atoms with Crippen molar-refractivity contribution in [1.29, 1.82) is 0 Å². The number of para-hydroxylation sites is 2. The van der Waals surface area contributed by atoms with Gasteiger partial charge in [0, 0.05) is 61.4 Å². The molecule has 0 saturated carbocycles. The minimum Gasteiger partial charge on any atom is -0.456 e. The number of rotatable bonds is 5. The van der Waals surface area contributed by atoms with E-state index in [4.69, 9.17) is 4.42 Å². The minimum atomic E-state index is -0.261. The van der Waals surface area contributed by atoms with Gasteiger partial charge in [-0.25, -0.2) is 0 Å². The third-order valence-electron chi connectivity index (χ3n) is 15.8. The van der Waals surface area contributed by atoms with E-state index in [2.05, 4.69) is 247 Å². The van der Waals surface area contributed by atoms with Crippen molar-refractivity contribution < 1.29 is 4.42 Å². The molecule has 5 heteroatoms. The highest BCUT2D eigenvalue weighted by atomic mass is 16.3. The third kappa shape index (κ3) is 5.95. The van der Waals surface area contributed by atoms with Crippen LogP contribution in [0.25, 0.3) is 49.7 Å². The summed E-state index contributed by atoms with van der Waals surface area (Å²) >= 11 is 0. The second kappa shape index (κ2) is 14.4. The molecule has 0 fully saturated rings. The summed E-state index contributed by atoms with van der Waals surface area (Å²) in [5, 5.41) is 3.56. The molecule has 0 spiro atoms. The molecule has 13 rings (SSSR count). The SMILES string of the molecule is CC(C)c1ccc2c(c1)N(c1cccc3oc4ccccc4c13)c1cc(N(c3ccc(C(C)(C)C)cc3)c3ccc(C(C)(C)C)cc3)cc3c1B2c1cccc2c4c(n-3c12)C(C)(C)c1ccccc1-4. The molecule has 0 bridgehead atoms. The normalized spacial score (nSPS) is 14.4. The molecule has 1 aliphatic carbocycles. The quantitative estimate of drug-likeness (QED) is 0.161. The third-order valence-corrected chi connectivity index (χ3v) is 15.8. The Bertz CT molecular complexity index is 3700. The first-order valence-electron chi connectivity index (χ1n) is 24.9. The van der Waals surface area contributed by atoms with Gasteiger partial charge in [0.25, 0.3) is 6.71 Å². The monoisotopic (exact) mass is 895 g/mol. The van der Waals surface area contributed by atoms with Crippen LogP contribution in [-0.4, -0.2) is 11.3 Å². The molecule has 2 aliphatic heterocycles. The van der Waals surface area contributed by atoms with Crippen molar-refractivity contribution in [3.63, 3.8) is 0 Å². The number of aromatic nitrogens is 1. The molecule has 4 heterocycles. The van der Waals surface area contributed by atoms with Gasteiger partial charge in [-0.05, 0) is 122 Å². The zero-order valence-corrected chi connectivity index (χ0v) is 41.5. The standard InChI is InChI=1S/C64H58BN3O/c1-38(2)39-25-34-49-52(35-39)67(51-22-16-24-56-58(51)46-18-12-14-23-55(46)69-56)53-36-44(66(42-30-26-40(27-31-42)62(3,4)5)43-32-28-41(29-33-43)63(6,7)8)37-54-59(53)65(49)50-21-15-19-47-57-45-17-11-13-20-48(45)64(9,10)61(57)68(54)60(47)50/h11-38H,1-10H3. The lowest BCUT2D eigenvalue weighted by atomic mass is 9.33. The fourth-order valence-electron chi connectivity index (χ4n) is 12.3. The molecule has 0 unspecified atom stereocenters. The van der Waals surface area contributed by atoms with Gasteiger partial charge < -0.3 is 18.8 Å². The number of furan rings is 1. The summed E-state index contributed by atoms with van der Waals surface area (Å²) in [6, 6.07) is 62.3. The second-order valence-corrected chi connectivity index (χ2v) is 22.8. The first kappa shape index (κ1) is 41.9. The highest BCUT2D eigenvalue weighted by Gasteiger charge is 2.48. The van der Waals surface area contributed by atoms with E-state index in [0.29, 0.717) is 5.92 Å². The molecule has 8 aromatic carbocycles. The molecule has 2 aromatic heterocycles. The van der Waals surface area contributed by atoms with E-state index in [-0.39, 0.29) is 23.0 Å². The summed E-state index contributed by atoms with van der Waals surface area (Å²) in [5.41, 5.74) is 24.3. The molecule has 0 N–H and O–H groups in total. The van der Waals surface area contributed by atoms with Gasteiger partial charge in [-0.3, -0.25) is 0 Å². The summed E-state index contributed by atoms with van der Waals surface area (Å²) in [6.45, 7) is 23.3. The van der Waals surface area contributed by atoms with Gasteiger partial charge in [-0.1, -0.05) is 172 Å². The van der Waals surface area contributed by atoms with Gasteiger partial charge in [0.1, 0.15) is 11.2 Å². The number of benzene rings is 8. The van der Waals surface area contributed by atoms with Gasteiger partial charge in [0.2, 0.25) is 0 Å². The first-order valence-corrected chi connectivity index (χ1v) is 24.9. The molecule has 10 aromatic rings. The molecule has 69 heavy (non-hydrogen) atoms. The lowest BCUT2D eigenvalue weighted by Gasteiger charge is -2.42. The van der Waals surface area contributed by atoms with Gasteiger partial charge in [0.15, 0.2) is 0 Å². The maximum absolute atomic E-state index is 6.68. The molecule has 3 aliphatic rings. The van der Waals surface area contributed by atoms with Gasteiger partial charge >= 0.3 is 0 Å². The molecule has 4 nitrogen and oxygen atoms in total. The lowest BCUT2D eigenvalue weighted by Crippen LogP contribution is -2.60. The van der Waals surface area contributed by atoms with Crippen molar-refractivity contribution in [3.8, 4) is 16.8 Å². The first-order chi connectivity index (χ1) is 33.1. The van der Waals surface area contributed by atoms with Crippen LogP contribution in [0.5, 0.6) is 0 Å². The van der Waals surface area contributed by atoms with E-state index in [1.807, 2.05) is 0 Å². The smallest absolute Gasteiger partial charge is 0.252 e. The van der Waals surface area contributed by atoms with Crippen molar-refractivity contribution in [2.75, 3.05) is 9.80 Å². The van der Waals surface area contributed by atoms with Crippen LogP contribution in [0, 0.1) is 0 Å². The molecule has 0 amide bonds. The van der Waals surface area contributed by atoms with Crippen LogP contribution in [0.1, 0.15) is 103 Å². The number of hydrogen-bond acceptors (Lipinski definition) is 3. The average molecular weight is 896 g/mol. The molecular weight excluding hydrogens is 838 g/mol. The van der Waals surface area contributed by atoms with E-state index in [9.17, 15) is 0 Å². The fourth-order valence-corrected chi connectivity index (χ4v) is 12.3. The van der Waals surface area contributed by atoms with Gasteiger partial charge in [-0.2, -0.15) is 0 Å². The van der Waals surface area contributed by atoms with Crippen molar-refractivity contribution in [3.05, 3.63) is 192 Å². The number of hydrogen-bond donors (Lipinski definition) is 0. The second-order valence-electron chi connectivity index (χ2n) is 22.8. The van der Waals surface area contributed by atoms with Crippen LogP contribution in [0.4, 0.5) is 34.1 Å². The molecule has 0 atom stereocenters. The van der Waals surface area contributed by atoms with Crippen molar-refractivity contribution in [2.24, 2.45) is 0 Å². The maximum Gasteiger partial charge on any atom is 0.252 e. The topological polar surface area (TPSA) is 24.6 Å². The Morgan fingerprint density at radius 1 is 0.551 bits per heavy atom. The van der Waals surface area contributed by atoms with E-state index in [0.717, 1.165) is 44.7 Å². The van der Waals surface area contributed by atoms with Crippen LogP contribution in [0.15, 0.2) is 168 Å². The van der Waals surface area contributed by atoms with E-state index >= 15 is 0 Å². The summed E-state index contributed by atoms with van der Waals surface area (Å²) in [7, 11) is 0. The van der Waals surface area contributed by atoms with Gasteiger partial charge in [-0.15, -0.1) is 0 Å². The maximum atomic E-state index is 6.68. The number of nitrogens with zero attached hydrogens (tertiary/aromatic N) is 3. The lowest BCUT2D eigenvalue weighted by molar-refractivity contribution is 0.590. The Kier molecular flexibility index (Phi) is 8.75. The molecule has 0 saturated heterocycles. The van der Waals surface area contributed by atoms with Crippen LogP contribution >= 0.6 is 0 Å². The minimum absolute atomic E-state index is 0.00743. The molecule has 0 radical (unpaired) electrons. The predicted octanol–water partition coefficient (Wildman–Crippen LogP) is 15.6. The highest BCUT2D eigenvalue weighted by molar-refractivity contribution is 7.00. The Morgan fingerprint density at radius 2 is 1.17 bits per heavy atom. The Balaban J connectivity index is 1.19. The Labute approximate surface area is 406 Å². The summed E-state index contributed by atoms with van der Waals surface area (Å²) in [6.07, 6.45) is 0. The zero-order chi connectivity index (χ0) is 47.5. The van der Waals surface area contributed by atoms with E-state index in [1.165, 1.54) is 83.4 Å². The zero-order valence-electron chi connectivity index (χ0n) is 41.5. The van der Waals surface area contributed by atoms with Crippen LogP contribution in [0.3, 0.4) is 0 Å². The van der Waals surface area contributed by atoms with E-state index < -0.39 is 0 Å². The van der Waals surface area contributed by atoms with Gasteiger partial charge in [0.05, 0.1) is 16.8 Å². The summed E-state index contributed by atoms with van der Waals surface area (Å²) < 4.78 is 9.38. The van der Waals surface area contributed by atoms with Crippen molar-refractivity contribution in [1.82, 2.24) is 4.57 Å². The largest absolute Gasteiger partial charge is 0.456 e. The molecule has 338 valence electrons. The number of fused-ring (bicyclic) bond motifs is 12. The number of anilines is 6.